The summed E-state index contributed by atoms with van der Waals surface area (Å²) in [6.45, 7) is 6.52. The van der Waals surface area contributed by atoms with Crippen LogP contribution in [-0.4, -0.2) is 96.1 Å². The number of anilines is 2. The number of nitrogens with zero attached hydrogens (tertiary/aromatic N) is 3. The van der Waals surface area contributed by atoms with Crippen molar-refractivity contribution in [3.05, 3.63) is 72.1 Å². The molecule has 2 aromatic carbocycles. The third-order valence-corrected chi connectivity index (χ3v) is 8.68. The number of nitrogens with one attached hydrogen (secondary N) is 2. The van der Waals surface area contributed by atoms with E-state index in [0.29, 0.717) is 40.8 Å². The molecule has 13 heteroatoms. The Morgan fingerprint density at radius 2 is 1.71 bits per heavy atom. The maximum atomic E-state index is 14.4. The summed E-state index contributed by atoms with van der Waals surface area (Å²) < 4.78 is 23.5. The lowest BCUT2D eigenvalue weighted by Gasteiger charge is -2.35. The summed E-state index contributed by atoms with van der Waals surface area (Å²) in [5, 5.41) is 16.0. The van der Waals surface area contributed by atoms with Crippen LogP contribution in [0, 0.1) is 5.92 Å². The number of hydrogen-bond donors (Lipinski definition) is 3. The number of aromatic nitrogens is 1. The summed E-state index contributed by atoms with van der Waals surface area (Å²) >= 11 is 0. The first-order chi connectivity index (χ1) is 23.6. The van der Waals surface area contributed by atoms with E-state index < -0.39 is 12.1 Å². The number of hydrogen-bond acceptors (Lipinski definition) is 9. The number of aliphatic hydroxyl groups is 1. The van der Waals surface area contributed by atoms with Crippen molar-refractivity contribution < 1.29 is 38.4 Å². The van der Waals surface area contributed by atoms with Crippen LogP contribution in [0.2, 0.25) is 0 Å². The number of aliphatic hydroxyl groups excluding tert-OH is 1. The summed E-state index contributed by atoms with van der Waals surface area (Å²) in [5.41, 5.74) is 1.69. The number of pyridine rings is 1. The standard InChI is InChI=1S/C36H45N5O8/c1-23-19-41(24(2)21-42)35(44)29-17-27(38-34(43)26-12-14-37-15-13-26)8-10-30(29)49-25(3)7-5-6-16-46-33(23)20-40(4)36(45)39-28-9-11-31-32(18-28)48-22-47-31/h8-15,17-18,23-25,33,42H,5-7,16,19-22H2,1-4H3,(H,38,43)(H,39,45)/t23-,24-,25+,33+/m1/s1. The van der Waals surface area contributed by atoms with Crippen molar-refractivity contribution in [1.29, 1.82) is 0 Å². The van der Waals surface area contributed by atoms with Gasteiger partial charge in [0, 0.05) is 68.1 Å². The first-order valence-corrected chi connectivity index (χ1v) is 16.6. The second-order valence-electron chi connectivity index (χ2n) is 12.6. The van der Waals surface area contributed by atoms with E-state index in [1.165, 1.54) is 12.4 Å². The minimum absolute atomic E-state index is 0.138. The van der Waals surface area contributed by atoms with Crippen LogP contribution in [-0.2, 0) is 4.74 Å². The van der Waals surface area contributed by atoms with Crippen LogP contribution in [0.4, 0.5) is 16.2 Å². The van der Waals surface area contributed by atoms with E-state index in [1.54, 1.807) is 72.3 Å². The lowest BCUT2D eigenvalue weighted by Crippen LogP contribution is -2.48. The first-order valence-electron chi connectivity index (χ1n) is 16.6. The predicted molar refractivity (Wildman–Crippen MR) is 183 cm³/mol. The smallest absolute Gasteiger partial charge is 0.321 e. The molecule has 0 radical (unpaired) electrons. The van der Waals surface area contributed by atoms with Crippen molar-refractivity contribution in [3.8, 4) is 17.2 Å². The lowest BCUT2D eigenvalue weighted by molar-refractivity contribution is -0.0115. The van der Waals surface area contributed by atoms with E-state index in [-0.39, 0.29) is 61.9 Å². The van der Waals surface area contributed by atoms with Gasteiger partial charge in [-0.2, -0.15) is 0 Å². The second-order valence-corrected chi connectivity index (χ2v) is 12.6. The third-order valence-electron chi connectivity index (χ3n) is 8.68. The summed E-state index contributed by atoms with van der Waals surface area (Å²) in [6, 6.07) is 12.6. The molecule has 2 aliphatic rings. The molecule has 49 heavy (non-hydrogen) atoms. The Kier molecular flexibility index (Phi) is 11.9. The minimum atomic E-state index is -0.545. The fourth-order valence-electron chi connectivity index (χ4n) is 5.72. The number of fused-ring (bicyclic) bond motifs is 2. The SMILES string of the molecule is C[C@@H]1CN([C@H](C)CO)C(=O)c2cc(NC(=O)c3ccncc3)ccc2O[C@@H](C)CCCCO[C@H]1CN(C)C(=O)Nc1ccc2c(c1)OCO2. The quantitative estimate of drug-likeness (QED) is 0.314. The molecule has 4 atom stereocenters. The van der Waals surface area contributed by atoms with Crippen molar-refractivity contribution in [2.45, 2.75) is 58.3 Å². The van der Waals surface area contributed by atoms with Gasteiger partial charge in [0.15, 0.2) is 11.5 Å². The fraction of sp³-hybridized carbons (Fsp3) is 0.444. The molecule has 0 saturated carbocycles. The van der Waals surface area contributed by atoms with Crippen molar-refractivity contribution >= 4 is 29.2 Å². The van der Waals surface area contributed by atoms with Gasteiger partial charge >= 0.3 is 6.03 Å². The number of likely N-dealkylation sites (N-methyl/N-ethyl adjacent to an activating group) is 1. The van der Waals surface area contributed by atoms with Gasteiger partial charge in [0.1, 0.15) is 5.75 Å². The molecule has 2 aliphatic heterocycles. The molecule has 5 rings (SSSR count). The maximum Gasteiger partial charge on any atom is 0.321 e. The zero-order valence-electron chi connectivity index (χ0n) is 28.4. The van der Waals surface area contributed by atoms with Gasteiger partial charge in [-0.25, -0.2) is 4.79 Å². The largest absolute Gasteiger partial charge is 0.490 e. The number of amides is 4. The Morgan fingerprint density at radius 1 is 1.00 bits per heavy atom. The fourth-order valence-corrected chi connectivity index (χ4v) is 5.72. The third kappa shape index (κ3) is 9.18. The highest BCUT2D eigenvalue weighted by atomic mass is 16.7. The van der Waals surface area contributed by atoms with E-state index in [9.17, 15) is 19.5 Å². The average molecular weight is 676 g/mol. The highest BCUT2D eigenvalue weighted by Gasteiger charge is 2.31. The van der Waals surface area contributed by atoms with Gasteiger partial charge in [-0.1, -0.05) is 6.92 Å². The van der Waals surface area contributed by atoms with E-state index in [2.05, 4.69) is 15.6 Å². The monoisotopic (exact) mass is 675 g/mol. The molecule has 3 heterocycles. The molecule has 13 nitrogen and oxygen atoms in total. The zero-order valence-corrected chi connectivity index (χ0v) is 28.4. The molecule has 262 valence electrons. The topological polar surface area (TPSA) is 152 Å². The van der Waals surface area contributed by atoms with Gasteiger partial charge in [-0.05, 0) is 75.6 Å². The summed E-state index contributed by atoms with van der Waals surface area (Å²) in [5.74, 6) is 0.646. The maximum absolute atomic E-state index is 14.4. The van der Waals surface area contributed by atoms with Crippen LogP contribution in [0.3, 0.4) is 0 Å². The van der Waals surface area contributed by atoms with Gasteiger partial charge in [0.2, 0.25) is 6.79 Å². The van der Waals surface area contributed by atoms with Crippen molar-refractivity contribution in [1.82, 2.24) is 14.8 Å². The Bertz CT molecular complexity index is 1610. The van der Waals surface area contributed by atoms with Gasteiger partial charge < -0.3 is 44.5 Å². The minimum Gasteiger partial charge on any atom is -0.490 e. The Morgan fingerprint density at radius 3 is 2.47 bits per heavy atom. The van der Waals surface area contributed by atoms with Crippen LogP contribution in [0.1, 0.15) is 60.7 Å². The molecule has 3 N–H and O–H groups in total. The molecule has 1 aromatic heterocycles. The molecule has 0 fully saturated rings. The molecular weight excluding hydrogens is 630 g/mol. The van der Waals surface area contributed by atoms with Crippen LogP contribution in [0.25, 0.3) is 0 Å². The van der Waals surface area contributed by atoms with Crippen molar-refractivity contribution in [2.75, 3.05) is 50.8 Å². The zero-order chi connectivity index (χ0) is 34.9. The van der Waals surface area contributed by atoms with Crippen molar-refractivity contribution in [2.24, 2.45) is 5.92 Å². The molecule has 0 saturated heterocycles. The lowest BCUT2D eigenvalue weighted by atomic mass is 10.0. The van der Waals surface area contributed by atoms with Crippen LogP contribution < -0.4 is 24.8 Å². The summed E-state index contributed by atoms with van der Waals surface area (Å²) in [7, 11) is 1.69. The Labute approximate surface area is 286 Å². The van der Waals surface area contributed by atoms with Crippen LogP contribution in [0.15, 0.2) is 60.9 Å². The molecule has 0 bridgehead atoms. The Hall–Kier alpha value is -4.88. The number of benzene rings is 2. The molecule has 4 amide bonds. The second kappa shape index (κ2) is 16.5. The molecule has 0 spiro atoms. The Balaban J connectivity index is 1.36. The molecule has 0 aliphatic carbocycles. The van der Waals surface area contributed by atoms with E-state index >= 15 is 0 Å². The normalized spacial score (nSPS) is 20.3. The van der Waals surface area contributed by atoms with Gasteiger partial charge in [0.25, 0.3) is 11.8 Å². The van der Waals surface area contributed by atoms with Gasteiger partial charge in [-0.3, -0.25) is 14.6 Å². The highest BCUT2D eigenvalue weighted by Crippen LogP contribution is 2.34. The molecular formula is C36H45N5O8. The highest BCUT2D eigenvalue weighted by molar-refractivity contribution is 6.05. The average Bonchev–Trinajstić information content (AvgIpc) is 3.58. The number of carbonyl (C=O) groups excluding carboxylic acids is 3. The first kappa shape index (κ1) is 35.4. The molecule has 0 unspecified atom stereocenters. The summed E-state index contributed by atoms with van der Waals surface area (Å²) in [6.07, 6.45) is 4.80. The van der Waals surface area contributed by atoms with Gasteiger partial charge in [0.05, 0.1) is 30.4 Å². The predicted octanol–water partition coefficient (Wildman–Crippen LogP) is 5.02. The van der Waals surface area contributed by atoms with E-state index in [4.69, 9.17) is 18.9 Å². The van der Waals surface area contributed by atoms with Crippen LogP contribution in [0.5, 0.6) is 17.2 Å². The molecule has 3 aromatic rings. The van der Waals surface area contributed by atoms with Crippen molar-refractivity contribution in [3.63, 3.8) is 0 Å². The number of rotatable bonds is 7. The van der Waals surface area contributed by atoms with E-state index in [0.717, 1.165) is 19.3 Å². The van der Waals surface area contributed by atoms with Gasteiger partial charge in [-0.15, -0.1) is 0 Å². The number of ether oxygens (including phenoxy) is 4. The van der Waals surface area contributed by atoms with Crippen LogP contribution >= 0.6 is 0 Å². The number of carbonyl (C=O) groups is 3. The summed E-state index contributed by atoms with van der Waals surface area (Å²) in [4.78, 5) is 47.6. The number of urea groups is 1. The van der Waals surface area contributed by atoms with E-state index in [1.807, 2.05) is 13.8 Å².